The maximum absolute atomic E-state index is 10.6. The monoisotopic (exact) mass is 242 g/mol. The number of amides is 1. The van der Waals surface area contributed by atoms with Crippen LogP contribution in [0.2, 0.25) is 0 Å². The van der Waals surface area contributed by atoms with Gasteiger partial charge in [0.2, 0.25) is 5.91 Å². The topological polar surface area (TPSA) is 170 Å². The fourth-order valence-corrected chi connectivity index (χ4v) is 1.15. The summed E-state index contributed by atoms with van der Waals surface area (Å²) in [6, 6.07) is -1.52. The first-order valence-corrected chi connectivity index (χ1v) is 4.93. The molecule has 15 heavy (non-hydrogen) atoms. The molecule has 0 aromatic rings. The third kappa shape index (κ3) is 5.96. The molecule has 0 rings (SSSR count). The maximum Gasteiger partial charge on any atom is 0.398 e. The van der Waals surface area contributed by atoms with Gasteiger partial charge in [-0.25, -0.2) is 4.18 Å². The fraction of sp³-hybridized carbons (Fsp3) is 0.600. The van der Waals surface area contributed by atoms with Crippen molar-refractivity contribution in [1.29, 1.82) is 0 Å². The molecule has 0 saturated carbocycles. The van der Waals surface area contributed by atoms with Crippen LogP contribution in [0.4, 0.5) is 0 Å². The molecule has 0 heterocycles. The maximum atomic E-state index is 10.6. The highest BCUT2D eigenvalue weighted by Crippen LogP contribution is 2.04. The van der Waals surface area contributed by atoms with Gasteiger partial charge in [-0.3, -0.25) is 14.1 Å². The van der Waals surface area contributed by atoms with Crippen molar-refractivity contribution < 1.29 is 31.8 Å². The van der Waals surface area contributed by atoms with Gasteiger partial charge in [-0.2, -0.15) is 8.42 Å². The lowest BCUT2D eigenvalue weighted by molar-refractivity contribution is -0.139. The summed E-state index contributed by atoms with van der Waals surface area (Å²) in [5.74, 6) is -2.70. The van der Waals surface area contributed by atoms with Crippen LogP contribution in [0.5, 0.6) is 0 Å². The van der Waals surface area contributed by atoms with E-state index < -0.39 is 40.8 Å². The molecule has 88 valence electrons. The highest BCUT2D eigenvalue weighted by Gasteiger charge is 2.27. The molecule has 0 fully saturated rings. The molecule has 0 bridgehead atoms. The minimum Gasteiger partial charge on any atom is -0.480 e. The van der Waals surface area contributed by atoms with E-state index in [0.29, 0.717) is 0 Å². The first-order chi connectivity index (χ1) is 6.63. The molecule has 2 atom stereocenters. The van der Waals surface area contributed by atoms with Gasteiger partial charge in [-0.15, -0.1) is 0 Å². The lowest BCUT2D eigenvalue weighted by Gasteiger charge is -2.13. The Morgan fingerprint density at radius 3 is 2.13 bits per heavy atom. The Labute approximate surface area is 84.9 Å². The van der Waals surface area contributed by atoms with E-state index in [4.69, 9.17) is 21.1 Å². The molecule has 0 aliphatic heterocycles. The summed E-state index contributed by atoms with van der Waals surface area (Å²) in [5, 5.41) is 8.37. The highest BCUT2D eigenvalue weighted by molar-refractivity contribution is 7.80. The SMILES string of the molecule is NC(=O)[C@H](C[C@H](N)C(=O)O)OS(=O)(=O)O. The van der Waals surface area contributed by atoms with Crippen molar-refractivity contribution in [2.75, 3.05) is 0 Å². The Bertz CT molecular complexity index is 350. The molecular weight excluding hydrogens is 232 g/mol. The first kappa shape index (κ1) is 13.8. The van der Waals surface area contributed by atoms with E-state index in [1.807, 2.05) is 0 Å². The average molecular weight is 242 g/mol. The molecule has 9 nitrogen and oxygen atoms in total. The second-order valence-electron chi connectivity index (χ2n) is 2.60. The van der Waals surface area contributed by atoms with Gasteiger partial charge >= 0.3 is 16.4 Å². The van der Waals surface area contributed by atoms with E-state index in [9.17, 15) is 18.0 Å². The minimum atomic E-state index is -4.89. The zero-order chi connectivity index (χ0) is 12.2. The van der Waals surface area contributed by atoms with Crippen molar-refractivity contribution in [1.82, 2.24) is 0 Å². The van der Waals surface area contributed by atoms with Gasteiger partial charge in [0.1, 0.15) is 6.04 Å². The molecule has 0 aromatic heterocycles. The smallest absolute Gasteiger partial charge is 0.398 e. The van der Waals surface area contributed by atoms with Crippen LogP contribution in [0.1, 0.15) is 6.42 Å². The molecule has 0 unspecified atom stereocenters. The number of hydrogen-bond acceptors (Lipinski definition) is 6. The van der Waals surface area contributed by atoms with Crippen molar-refractivity contribution in [3.8, 4) is 0 Å². The van der Waals surface area contributed by atoms with E-state index >= 15 is 0 Å². The number of carbonyl (C=O) groups excluding carboxylic acids is 1. The average Bonchev–Trinajstić information content (AvgIpc) is 1.99. The summed E-state index contributed by atoms with van der Waals surface area (Å²) >= 11 is 0. The molecule has 1 amide bonds. The summed E-state index contributed by atoms with van der Waals surface area (Å²) in [4.78, 5) is 20.9. The number of carbonyl (C=O) groups is 2. The number of primary amides is 1. The number of carboxylic acid groups (broad SMARTS) is 1. The van der Waals surface area contributed by atoms with Crippen LogP contribution in [0.25, 0.3) is 0 Å². The second-order valence-corrected chi connectivity index (χ2v) is 3.64. The van der Waals surface area contributed by atoms with Gasteiger partial charge in [0.15, 0.2) is 6.10 Å². The molecule has 0 saturated heterocycles. The van der Waals surface area contributed by atoms with Crippen LogP contribution in [0.3, 0.4) is 0 Å². The molecular formula is C5H10N2O7S. The summed E-state index contributed by atoms with van der Waals surface area (Å²) in [6.45, 7) is 0. The zero-order valence-corrected chi connectivity index (χ0v) is 8.18. The first-order valence-electron chi connectivity index (χ1n) is 3.57. The van der Waals surface area contributed by atoms with Gasteiger partial charge in [0.05, 0.1) is 0 Å². The predicted molar refractivity (Wildman–Crippen MR) is 45.8 cm³/mol. The van der Waals surface area contributed by atoms with Crippen LogP contribution in [-0.2, 0) is 24.2 Å². The third-order valence-corrected chi connectivity index (χ3v) is 1.82. The van der Waals surface area contributed by atoms with Crippen LogP contribution in [0.15, 0.2) is 0 Å². The summed E-state index contributed by atoms with van der Waals surface area (Å²) < 4.78 is 32.5. The summed E-state index contributed by atoms with van der Waals surface area (Å²) in [6.07, 6.45) is -2.48. The van der Waals surface area contributed by atoms with Gasteiger partial charge in [0, 0.05) is 6.42 Å². The molecule has 10 heteroatoms. The van der Waals surface area contributed by atoms with Crippen molar-refractivity contribution in [2.45, 2.75) is 18.6 Å². The number of aliphatic carboxylic acids is 1. The largest absolute Gasteiger partial charge is 0.480 e. The quantitative estimate of drug-likeness (QED) is 0.369. The third-order valence-electron chi connectivity index (χ3n) is 1.34. The van der Waals surface area contributed by atoms with Crippen molar-refractivity contribution in [3.05, 3.63) is 0 Å². The zero-order valence-electron chi connectivity index (χ0n) is 7.36. The van der Waals surface area contributed by atoms with Gasteiger partial charge in [0.25, 0.3) is 0 Å². The fourth-order valence-electron chi connectivity index (χ4n) is 0.681. The van der Waals surface area contributed by atoms with Crippen molar-refractivity contribution >= 4 is 22.3 Å². The second kappa shape index (κ2) is 5.02. The Kier molecular flexibility index (Phi) is 4.61. The molecule has 0 spiro atoms. The van der Waals surface area contributed by atoms with Crippen LogP contribution >= 0.6 is 0 Å². The number of carboxylic acids is 1. The molecule has 0 aromatic carbocycles. The lowest BCUT2D eigenvalue weighted by Crippen LogP contribution is -2.41. The van der Waals surface area contributed by atoms with Crippen molar-refractivity contribution in [3.63, 3.8) is 0 Å². The van der Waals surface area contributed by atoms with Crippen LogP contribution in [-0.4, -0.2) is 42.1 Å². The van der Waals surface area contributed by atoms with E-state index in [2.05, 4.69) is 4.18 Å². The van der Waals surface area contributed by atoms with E-state index in [0.717, 1.165) is 0 Å². The molecule has 0 aliphatic carbocycles. The number of hydrogen-bond donors (Lipinski definition) is 4. The molecule has 6 N–H and O–H groups in total. The lowest BCUT2D eigenvalue weighted by atomic mass is 10.1. The number of rotatable bonds is 6. The highest BCUT2D eigenvalue weighted by atomic mass is 32.3. The van der Waals surface area contributed by atoms with Gasteiger partial charge in [-0.05, 0) is 0 Å². The van der Waals surface area contributed by atoms with E-state index in [-0.39, 0.29) is 0 Å². The van der Waals surface area contributed by atoms with E-state index in [1.165, 1.54) is 0 Å². The van der Waals surface area contributed by atoms with E-state index in [1.54, 1.807) is 0 Å². The van der Waals surface area contributed by atoms with Gasteiger partial charge < -0.3 is 16.6 Å². The summed E-state index contributed by atoms with van der Waals surface area (Å²) in [5.41, 5.74) is 9.71. The van der Waals surface area contributed by atoms with Crippen LogP contribution in [0, 0.1) is 0 Å². The summed E-state index contributed by atoms with van der Waals surface area (Å²) in [7, 11) is -4.89. The number of nitrogens with two attached hydrogens (primary N) is 2. The molecule has 0 radical (unpaired) electrons. The normalized spacial score (nSPS) is 15.6. The minimum absolute atomic E-state index is 0.662. The standard InChI is InChI=1S/C5H10N2O7S/c6-2(5(9)10)1-3(4(7)8)14-15(11,12)13/h2-3H,1,6H2,(H2,7,8)(H,9,10)(H,11,12,13)/t2-,3-/m0/s1. The van der Waals surface area contributed by atoms with Crippen molar-refractivity contribution in [2.24, 2.45) is 11.5 Å². The van der Waals surface area contributed by atoms with Gasteiger partial charge in [-0.1, -0.05) is 0 Å². The van der Waals surface area contributed by atoms with Crippen LogP contribution < -0.4 is 11.5 Å². The Hall–Kier alpha value is -1.23. The Balaban J connectivity index is 4.56. The Morgan fingerprint density at radius 1 is 1.40 bits per heavy atom. The predicted octanol–water partition coefficient (Wildman–Crippen LogP) is -2.54. The Morgan fingerprint density at radius 2 is 1.87 bits per heavy atom. The molecule has 0 aliphatic rings.